The number of aromatic nitrogens is 2. The van der Waals surface area contributed by atoms with E-state index in [1.807, 2.05) is 29.8 Å². The van der Waals surface area contributed by atoms with Crippen LogP contribution in [0.3, 0.4) is 0 Å². The van der Waals surface area contributed by atoms with Crippen molar-refractivity contribution in [3.05, 3.63) is 59.7 Å². The first-order chi connectivity index (χ1) is 17.8. The molecule has 2 aromatic carbocycles. The largest absolute Gasteiger partial charge is 0.464 e. The van der Waals surface area contributed by atoms with Gasteiger partial charge in [0.25, 0.3) is 0 Å². The Labute approximate surface area is 225 Å². The minimum atomic E-state index is -0.981. The van der Waals surface area contributed by atoms with E-state index < -0.39 is 24.0 Å². The molecular formula is C26H32Cl2FN5O3. The van der Waals surface area contributed by atoms with E-state index in [1.54, 1.807) is 19.1 Å². The Morgan fingerprint density at radius 2 is 1.81 bits per heavy atom. The minimum Gasteiger partial charge on any atom is -0.464 e. The molecule has 0 unspecified atom stereocenters. The number of imidazole rings is 1. The van der Waals surface area contributed by atoms with Crippen molar-refractivity contribution < 1.29 is 18.7 Å². The molecule has 3 N–H and O–H groups in total. The molecule has 0 spiro atoms. The molecule has 3 rings (SSSR count). The monoisotopic (exact) mass is 551 g/mol. The molecule has 0 bridgehead atoms. The maximum absolute atomic E-state index is 13.2. The Balaban J connectivity index is 1.80. The summed E-state index contributed by atoms with van der Waals surface area (Å²) in [5.41, 5.74) is 9.35. The molecule has 37 heavy (non-hydrogen) atoms. The van der Waals surface area contributed by atoms with Gasteiger partial charge in [-0.15, -0.1) is 23.2 Å². The van der Waals surface area contributed by atoms with Gasteiger partial charge in [0.1, 0.15) is 17.7 Å². The van der Waals surface area contributed by atoms with E-state index >= 15 is 0 Å². The van der Waals surface area contributed by atoms with Gasteiger partial charge in [-0.05, 0) is 49.2 Å². The summed E-state index contributed by atoms with van der Waals surface area (Å²) in [6.45, 7) is 3.15. The highest BCUT2D eigenvalue weighted by molar-refractivity contribution is 6.18. The Morgan fingerprint density at radius 1 is 1.14 bits per heavy atom. The van der Waals surface area contributed by atoms with Crippen molar-refractivity contribution in [2.45, 2.75) is 31.8 Å². The van der Waals surface area contributed by atoms with Crippen LogP contribution in [0.15, 0.2) is 42.5 Å². The molecular weight excluding hydrogens is 520 g/mol. The number of aryl methyl sites for hydroxylation is 1. The summed E-state index contributed by atoms with van der Waals surface area (Å²) in [5.74, 6) is 0.0664. The first-order valence-corrected chi connectivity index (χ1v) is 13.1. The fourth-order valence-corrected chi connectivity index (χ4v) is 4.46. The van der Waals surface area contributed by atoms with Gasteiger partial charge in [0.15, 0.2) is 0 Å². The van der Waals surface area contributed by atoms with Crippen molar-refractivity contribution >= 4 is 51.8 Å². The number of nitrogens with two attached hydrogens (primary N) is 1. The number of hydrogen-bond donors (Lipinski definition) is 2. The predicted molar refractivity (Wildman–Crippen MR) is 145 cm³/mol. The molecule has 0 saturated heterocycles. The second-order valence-corrected chi connectivity index (χ2v) is 9.34. The van der Waals surface area contributed by atoms with Crippen LogP contribution in [0.5, 0.6) is 0 Å². The molecule has 0 aliphatic rings. The molecule has 0 saturated carbocycles. The van der Waals surface area contributed by atoms with Crippen LogP contribution in [-0.4, -0.2) is 65.0 Å². The second kappa shape index (κ2) is 13.6. The summed E-state index contributed by atoms with van der Waals surface area (Å²) < 4.78 is 20.3. The number of carbonyl (C=O) groups is 2. The van der Waals surface area contributed by atoms with Crippen LogP contribution in [0.4, 0.5) is 10.1 Å². The summed E-state index contributed by atoms with van der Waals surface area (Å²) in [6, 6.07) is 9.73. The SMILES string of the molecule is CCOC(=O)[C@H](Cc1nc2cc(N(CCCl)CCCl)ccc2n1C)NC(=O)[C@@H](N)Cc1ccc(F)cc1. The van der Waals surface area contributed by atoms with Crippen LogP contribution in [0.1, 0.15) is 18.3 Å². The topological polar surface area (TPSA) is 102 Å². The second-order valence-electron chi connectivity index (χ2n) is 8.58. The van der Waals surface area contributed by atoms with Crippen LogP contribution in [0.25, 0.3) is 11.0 Å². The fraction of sp³-hybridized carbons (Fsp3) is 0.423. The third-order valence-corrected chi connectivity index (χ3v) is 6.35. The van der Waals surface area contributed by atoms with Crippen molar-refractivity contribution in [1.82, 2.24) is 14.9 Å². The zero-order valence-electron chi connectivity index (χ0n) is 20.9. The molecule has 200 valence electrons. The van der Waals surface area contributed by atoms with Crippen molar-refractivity contribution in [3.63, 3.8) is 0 Å². The van der Waals surface area contributed by atoms with Gasteiger partial charge in [-0.3, -0.25) is 4.79 Å². The van der Waals surface area contributed by atoms with E-state index in [2.05, 4.69) is 10.2 Å². The van der Waals surface area contributed by atoms with E-state index in [4.69, 9.17) is 38.7 Å². The highest BCUT2D eigenvalue weighted by Gasteiger charge is 2.27. The maximum atomic E-state index is 13.2. The summed E-state index contributed by atoms with van der Waals surface area (Å²) in [4.78, 5) is 32.4. The molecule has 2 atom stereocenters. The van der Waals surface area contributed by atoms with Gasteiger partial charge in [-0.25, -0.2) is 14.2 Å². The van der Waals surface area contributed by atoms with Crippen molar-refractivity contribution in [2.24, 2.45) is 12.8 Å². The van der Waals surface area contributed by atoms with E-state index in [1.165, 1.54) is 12.1 Å². The number of rotatable bonds is 13. The summed E-state index contributed by atoms with van der Waals surface area (Å²) in [7, 11) is 1.85. The van der Waals surface area contributed by atoms with Crippen LogP contribution in [-0.2, 0) is 34.2 Å². The number of halogens is 3. The fourth-order valence-electron chi connectivity index (χ4n) is 4.06. The zero-order chi connectivity index (χ0) is 26.9. The average Bonchev–Trinajstić information content (AvgIpc) is 3.19. The minimum absolute atomic E-state index is 0.113. The Bertz CT molecular complexity index is 1200. The van der Waals surface area contributed by atoms with Crippen LogP contribution in [0.2, 0.25) is 0 Å². The molecule has 1 amide bonds. The lowest BCUT2D eigenvalue weighted by molar-refractivity contribution is -0.147. The van der Waals surface area contributed by atoms with Gasteiger partial charge >= 0.3 is 5.97 Å². The Hall–Kier alpha value is -2.88. The van der Waals surface area contributed by atoms with Crippen LogP contribution in [0, 0.1) is 5.82 Å². The lowest BCUT2D eigenvalue weighted by Crippen LogP contribution is -2.50. The summed E-state index contributed by atoms with van der Waals surface area (Å²) in [5, 5.41) is 2.71. The third kappa shape index (κ3) is 7.56. The first-order valence-electron chi connectivity index (χ1n) is 12.1. The summed E-state index contributed by atoms with van der Waals surface area (Å²) in [6.07, 6.45) is 0.305. The molecule has 0 aliphatic heterocycles. The lowest BCUT2D eigenvalue weighted by atomic mass is 10.1. The number of nitrogens with one attached hydrogen (secondary N) is 1. The number of ether oxygens (including phenoxy) is 1. The number of hydrogen-bond acceptors (Lipinski definition) is 6. The number of benzene rings is 2. The lowest BCUT2D eigenvalue weighted by Gasteiger charge is -2.22. The average molecular weight is 552 g/mol. The molecule has 1 aromatic heterocycles. The van der Waals surface area contributed by atoms with Gasteiger partial charge in [0, 0.05) is 44.0 Å². The molecule has 8 nitrogen and oxygen atoms in total. The highest BCUT2D eigenvalue weighted by atomic mass is 35.5. The highest BCUT2D eigenvalue weighted by Crippen LogP contribution is 2.23. The third-order valence-electron chi connectivity index (χ3n) is 6.01. The number of amides is 1. The molecule has 11 heteroatoms. The number of fused-ring (bicyclic) bond motifs is 1. The van der Waals surface area contributed by atoms with Crippen molar-refractivity contribution in [1.29, 1.82) is 0 Å². The maximum Gasteiger partial charge on any atom is 0.329 e. The van der Waals surface area contributed by atoms with E-state index in [9.17, 15) is 14.0 Å². The van der Waals surface area contributed by atoms with Crippen LogP contribution < -0.4 is 16.0 Å². The van der Waals surface area contributed by atoms with Gasteiger partial charge in [0.2, 0.25) is 5.91 Å². The van der Waals surface area contributed by atoms with E-state index in [-0.39, 0.29) is 25.3 Å². The molecule has 0 radical (unpaired) electrons. The smallest absolute Gasteiger partial charge is 0.329 e. The predicted octanol–water partition coefficient (Wildman–Crippen LogP) is 3.16. The standard InChI is InChI=1S/C26H32Cl2FN5O3/c1-3-37-26(36)22(32-25(35)20(30)14-17-4-6-18(29)7-5-17)16-24-31-21-15-19(8-9-23(21)33(24)2)34(12-10-27)13-11-28/h4-9,15,20,22H,3,10-14,16,30H2,1-2H3,(H,32,35)/t20-,22-/m0/s1. The van der Waals surface area contributed by atoms with E-state index in [0.29, 0.717) is 36.2 Å². The molecule has 0 fully saturated rings. The van der Waals surface area contributed by atoms with Crippen molar-refractivity contribution in [2.75, 3.05) is 36.4 Å². The molecule has 0 aliphatic carbocycles. The number of anilines is 1. The van der Waals surface area contributed by atoms with Gasteiger partial charge in [0.05, 0.1) is 23.7 Å². The van der Waals surface area contributed by atoms with Gasteiger partial charge < -0.3 is 25.3 Å². The van der Waals surface area contributed by atoms with Gasteiger partial charge in [-0.1, -0.05) is 12.1 Å². The Kier molecular flexibility index (Phi) is 10.5. The molecule has 3 aromatic rings. The quantitative estimate of drug-likeness (QED) is 0.250. The first kappa shape index (κ1) is 28.7. The normalized spacial score (nSPS) is 12.8. The number of esters is 1. The number of carbonyl (C=O) groups excluding carboxylic acids is 2. The van der Waals surface area contributed by atoms with Crippen LogP contribution >= 0.6 is 23.2 Å². The Morgan fingerprint density at radius 3 is 2.43 bits per heavy atom. The number of nitrogens with zero attached hydrogens (tertiary/aromatic N) is 3. The molecule has 1 heterocycles. The van der Waals surface area contributed by atoms with Crippen molar-refractivity contribution in [3.8, 4) is 0 Å². The van der Waals surface area contributed by atoms with E-state index in [0.717, 1.165) is 16.7 Å². The zero-order valence-corrected chi connectivity index (χ0v) is 22.4. The number of alkyl halides is 2. The van der Waals surface area contributed by atoms with Gasteiger partial charge in [-0.2, -0.15) is 0 Å². The summed E-state index contributed by atoms with van der Waals surface area (Å²) >= 11 is 11.9.